The summed E-state index contributed by atoms with van der Waals surface area (Å²) in [7, 11) is 1.32. The number of carbonyl (C=O) groups is 6. The molecule has 3 unspecified atom stereocenters. The minimum absolute atomic E-state index is 0. The van der Waals surface area contributed by atoms with Gasteiger partial charge in [0.05, 0.1) is 47.4 Å². The number of nitrogens with zero attached hydrogens (tertiary/aromatic N) is 3. The molecule has 0 spiro atoms. The van der Waals surface area contributed by atoms with Crippen LogP contribution in [-0.2, 0) is 72.4 Å². The summed E-state index contributed by atoms with van der Waals surface area (Å²) in [6.45, 7) is 0.856. The normalized spacial score (nSPS) is 15.4. The number of benzene rings is 6. The Bertz CT molecular complexity index is 3730. The topological polar surface area (TPSA) is 275 Å². The van der Waals surface area contributed by atoms with Crippen LogP contribution < -0.4 is 66.1 Å². The zero-order valence-corrected chi connectivity index (χ0v) is 48.1. The molecule has 83 heavy (non-hydrogen) atoms. The Hall–Kier alpha value is -8.84. The summed E-state index contributed by atoms with van der Waals surface area (Å²) in [4.78, 5) is 69.5. The number of fused-ring (bicyclic) bond motifs is 9. The van der Waals surface area contributed by atoms with Gasteiger partial charge in [-0.3, -0.25) is 14.4 Å². The quantitative estimate of drug-likeness (QED) is 0.0707. The number of hydrogen-bond donors (Lipinski definition) is 4. The van der Waals surface area contributed by atoms with Crippen LogP contribution in [0.25, 0.3) is 32.7 Å². The number of nitrogens with two attached hydrogens (primary N) is 3. The molecule has 3 atom stereocenters. The number of primary amides is 3. The molecular weight excluding hydrogens is 1070 g/mol. The third-order valence-electron chi connectivity index (χ3n) is 15.5. The minimum atomic E-state index is -1.29. The van der Waals surface area contributed by atoms with Gasteiger partial charge in [-0.1, -0.05) is 109 Å². The van der Waals surface area contributed by atoms with E-state index in [1.165, 1.54) is 12.7 Å². The number of carbonyl (C=O) groups excluding carboxylic acids is 5. The Morgan fingerprint density at radius 3 is 1.07 bits per heavy atom. The van der Waals surface area contributed by atoms with E-state index in [-0.39, 0.29) is 65.7 Å². The fourth-order valence-corrected chi connectivity index (χ4v) is 12.1. The summed E-state index contributed by atoms with van der Waals surface area (Å²) < 4.78 is 28.0. The van der Waals surface area contributed by atoms with Crippen LogP contribution in [0.3, 0.4) is 0 Å². The van der Waals surface area contributed by atoms with E-state index in [0.29, 0.717) is 56.1 Å². The van der Waals surface area contributed by atoms with E-state index in [1.54, 1.807) is 12.1 Å². The number of carboxylic acid groups (broad SMARTS) is 2. The van der Waals surface area contributed by atoms with Crippen LogP contribution in [0.4, 0.5) is 0 Å². The summed E-state index contributed by atoms with van der Waals surface area (Å²) in [5, 5.41) is 22.2. The van der Waals surface area contributed by atoms with E-state index in [1.807, 2.05) is 97.1 Å². The first-order valence-corrected chi connectivity index (χ1v) is 27.0. The monoisotopic (exact) mass is 1130 g/mol. The molecule has 18 nitrogen and oxygen atoms in total. The van der Waals surface area contributed by atoms with Crippen molar-refractivity contribution in [2.45, 2.75) is 75.9 Å². The molecule has 12 rings (SSSR count). The molecule has 420 valence electrons. The van der Waals surface area contributed by atoms with Gasteiger partial charge in [-0.15, -0.1) is 0 Å². The van der Waals surface area contributed by atoms with Gasteiger partial charge in [0, 0.05) is 52.9 Å². The van der Waals surface area contributed by atoms with E-state index in [0.717, 1.165) is 96.9 Å². The Kier molecular flexibility index (Phi) is 18.4. The molecule has 0 fully saturated rings. The van der Waals surface area contributed by atoms with Crippen molar-refractivity contribution in [1.82, 2.24) is 13.7 Å². The van der Waals surface area contributed by atoms with Crippen molar-refractivity contribution in [3.05, 3.63) is 196 Å². The van der Waals surface area contributed by atoms with Gasteiger partial charge in [0.25, 0.3) is 0 Å². The van der Waals surface area contributed by atoms with E-state index in [2.05, 4.69) is 54.8 Å². The third-order valence-corrected chi connectivity index (χ3v) is 15.5. The number of aliphatic carboxylic acids is 2. The standard InChI is InChI=1S/C22H22N2O4.2C21H20N2O4.Na/c1-27-19(25)13-28-18-9-5-8-16-21(18)20-15(22(23)26)10-11-17(20)24(16)12-14-6-3-2-4-7-14;2*22-21(26)14-9-10-16-19(14)20-15(7-4-8-17(20)27-12-18(24)25)23(16)11-13-5-2-1-3-6-13;/h2-9,15H,10-13H2,1H3,(H2,23,26);2*1-8,14H,9-12H2,(H2,22,26)(H,24,25);/q;;;+1/p-1. The van der Waals surface area contributed by atoms with Gasteiger partial charge in [0.1, 0.15) is 23.9 Å². The zero-order chi connectivity index (χ0) is 57.6. The Morgan fingerprint density at radius 1 is 0.470 bits per heavy atom. The Balaban J connectivity index is 0.000000149. The van der Waals surface area contributed by atoms with Gasteiger partial charge in [-0.05, 0) is 108 Å². The molecule has 0 bridgehead atoms. The number of amides is 3. The second-order valence-electron chi connectivity index (χ2n) is 20.4. The van der Waals surface area contributed by atoms with Crippen molar-refractivity contribution in [2.24, 2.45) is 17.2 Å². The van der Waals surface area contributed by atoms with Crippen LogP contribution in [0.2, 0.25) is 0 Å². The molecule has 0 saturated heterocycles. The third kappa shape index (κ3) is 12.4. The van der Waals surface area contributed by atoms with Crippen LogP contribution >= 0.6 is 0 Å². The molecule has 3 aromatic heterocycles. The first kappa shape index (κ1) is 58.8. The van der Waals surface area contributed by atoms with Gasteiger partial charge in [0.2, 0.25) is 17.7 Å². The maximum absolute atomic E-state index is 12.1. The van der Waals surface area contributed by atoms with Crippen molar-refractivity contribution < 1.29 is 87.5 Å². The molecule has 3 amide bonds. The molecule has 9 aromatic rings. The van der Waals surface area contributed by atoms with Crippen LogP contribution in [0.5, 0.6) is 17.2 Å². The molecule has 0 saturated carbocycles. The average molecular weight is 1130 g/mol. The first-order chi connectivity index (χ1) is 39.7. The summed E-state index contributed by atoms with van der Waals surface area (Å²) in [5.41, 5.74) is 29.2. The van der Waals surface area contributed by atoms with E-state index < -0.39 is 37.0 Å². The van der Waals surface area contributed by atoms with Crippen LogP contribution in [0.1, 0.15) is 87.5 Å². The second kappa shape index (κ2) is 26.0. The summed E-state index contributed by atoms with van der Waals surface area (Å²) >= 11 is 0. The molecule has 19 heteroatoms. The average Bonchev–Trinajstić information content (AvgIpc) is 2.56. The maximum atomic E-state index is 12.1. The number of hydrogen-bond acceptors (Lipinski definition) is 11. The van der Waals surface area contributed by atoms with Crippen molar-refractivity contribution in [3.8, 4) is 17.2 Å². The molecule has 0 radical (unpaired) electrons. The van der Waals surface area contributed by atoms with Crippen molar-refractivity contribution >= 4 is 68.3 Å². The van der Waals surface area contributed by atoms with Gasteiger partial charge < -0.3 is 64.9 Å². The largest absolute Gasteiger partial charge is 1.00 e. The van der Waals surface area contributed by atoms with Crippen LogP contribution in [0, 0.1) is 0 Å². The SMILES string of the molecule is COC(=O)COc1cccc2c1c1c(n2Cc2ccccc2)CCC1C(N)=O.NC(=O)C1CCc2c1c1c(OCC(=O)O)cccc1n2Cc1ccccc1.NC(=O)C1CCc2c1c1c(OCC(=O)[O-])cccc1n2Cc1ccccc1.[Na+]. The summed E-state index contributed by atoms with van der Waals surface area (Å²) in [5.74, 6) is -3.50. The fourth-order valence-electron chi connectivity index (χ4n) is 12.1. The summed E-state index contributed by atoms with van der Waals surface area (Å²) in [6, 6.07) is 47.1. The number of carboxylic acids is 2. The first-order valence-electron chi connectivity index (χ1n) is 27.0. The van der Waals surface area contributed by atoms with Crippen molar-refractivity contribution in [2.75, 3.05) is 26.9 Å². The Morgan fingerprint density at radius 2 is 0.783 bits per heavy atom. The van der Waals surface area contributed by atoms with Crippen LogP contribution in [0.15, 0.2) is 146 Å². The Labute approximate surface area is 499 Å². The minimum Gasteiger partial charge on any atom is -0.546 e. The number of rotatable bonds is 18. The van der Waals surface area contributed by atoms with Gasteiger partial charge in [0.15, 0.2) is 13.2 Å². The molecule has 7 N–H and O–H groups in total. The molecule has 3 heterocycles. The fraction of sp³-hybridized carbons (Fsp3) is 0.250. The van der Waals surface area contributed by atoms with E-state index in [4.69, 9.17) is 36.5 Å². The molecular formula is C64H61N6NaO12. The smallest absolute Gasteiger partial charge is 0.546 e. The van der Waals surface area contributed by atoms with Crippen molar-refractivity contribution in [3.63, 3.8) is 0 Å². The van der Waals surface area contributed by atoms with Gasteiger partial charge in [-0.2, -0.15) is 0 Å². The van der Waals surface area contributed by atoms with Gasteiger partial charge >= 0.3 is 41.5 Å². The maximum Gasteiger partial charge on any atom is 1.00 e. The molecule has 3 aliphatic rings. The molecule has 0 aliphatic heterocycles. The number of ether oxygens (including phenoxy) is 4. The zero-order valence-electron chi connectivity index (χ0n) is 46.1. The predicted octanol–water partition coefficient (Wildman–Crippen LogP) is 3.76. The number of methoxy groups -OCH3 is 1. The van der Waals surface area contributed by atoms with Crippen molar-refractivity contribution in [1.29, 1.82) is 0 Å². The van der Waals surface area contributed by atoms with Gasteiger partial charge in [-0.25, -0.2) is 9.59 Å². The predicted molar refractivity (Wildman–Crippen MR) is 304 cm³/mol. The number of esters is 1. The van der Waals surface area contributed by atoms with E-state index in [9.17, 15) is 33.9 Å². The molecule has 6 aromatic carbocycles. The number of aromatic nitrogens is 3. The second-order valence-corrected chi connectivity index (χ2v) is 20.4. The van der Waals surface area contributed by atoms with Crippen LogP contribution in [-0.4, -0.2) is 81.4 Å². The molecule has 3 aliphatic carbocycles. The van der Waals surface area contributed by atoms with E-state index >= 15 is 0 Å². The summed E-state index contributed by atoms with van der Waals surface area (Å²) in [6.07, 6.45) is 4.28.